The molecular formula is C8H20O2Si. The highest BCUT2D eigenvalue weighted by Crippen LogP contribution is 2.19. The third kappa shape index (κ3) is 6.25. The first-order valence-corrected chi connectivity index (χ1v) is 7.07. The fraction of sp³-hybridized carbons (Fsp3) is 0.875. The maximum atomic E-state index is 8.00. The molecule has 0 saturated carbocycles. The highest BCUT2D eigenvalue weighted by atomic mass is 28.3. The standard InChI is InChI=1S/C7H18OSi.CH2O/c1-7(2)9(4,5)6-8-3;1-2/h7H,6H2,1-5H3;1H2. The van der Waals surface area contributed by atoms with Crippen LogP contribution in [0.1, 0.15) is 13.8 Å². The van der Waals surface area contributed by atoms with Crippen LogP contribution >= 0.6 is 0 Å². The van der Waals surface area contributed by atoms with Crippen molar-refractivity contribution in [2.45, 2.75) is 32.5 Å². The molecule has 0 aliphatic heterocycles. The van der Waals surface area contributed by atoms with Gasteiger partial charge < -0.3 is 9.53 Å². The van der Waals surface area contributed by atoms with E-state index >= 15 is 0 Å². The fourth-order valence-corrected chi connectivity index (χ4v) is 1.62. The zero-order chi connectivity index (χ0) is 9.49. The predicted octanol–water partition coefficient (Wildman–Crippen LogP) is 2.11. The summed E-state index contributed by atoms with van der Waals surface area (Å²) in [5, 5.41) is 0. The Kier molecular flexibility index (Phi) is 8.00. The van der Waals surface area contributed by atoms with Gasteiger partial charge in [-0.2, -0.15) is 0 Å². The second-order valence-electron chi connectivity index (χ2n) is 3.58. The van der Waals surface area contributed by atoms with Crippen LogP contribution < -0.4 is 0 Å². The topological polar surface area (TPSA) is 26.3 Å². The van der Waals surface area contributed by atoms with Crippen molar-refractivity contribution in [3.8, 4) is 0 Å². The van der Waals surface area contributed by atoms with Crippen LogP contribution in [-0.2, 0) is 9.53 Å². The van der Waals surface area contributed by atoms with Gasteiger partial charge in [-0.3, -0.25) is 0 Å². The summed E-state index contributed by atoms with van der Waals surface area (Å²) in [5.41, 5.74) is 0.831. The van der Waals surface area contributed by atoms with E-state index in [4.69, 9.17) is 9.53 Å². The zero-order valence-corrected chi connectivity index (χ0v) is 9.31. The maximum Gasteiger partial charge on any atom is 0.106 e. The van der Waals surface area contributed by atoms with Crippen molar-refractivity contribution in [1.82, 2.24) is 0 Å². The summed E-state index contributed by atoms with van der Waals surface area (Å²) in [5.74, 6) is 0. The van der Waals surface area contributed by atoms with E-state index in [0.717, 1.165) is 11.8 Å². The van der Waals surface area contributed by atoms with E-state index < -0.39 is 8.07 Å². The molecule has 3 heteroatoms. The molecule has 2 nitrogen and oxygen atoms in total. The van der Waals surface area contributed by atoms with Crippen LogP contribution in [0.15, 0.2) is 0 Å². The molecule has 68 valence electrons. The van der Waals surface area contributed by atoms with Crippen LogP contribution in [0.3, 0.4) is 0 Å². The van der Waals surface area contributed by atoms with E-state index in [1.54, 1.807) is 7.11 Å². The van der Waals surface area contributed by atoms with Gasteiger partial charge in [0.2, 0.25) is 0 Å². The van der Waals surface area contributed by atoms with Gasteiger partial charge in [-0.1, -0.05) is 26.9 Å². The van der Waals surface area contributed by atoms with Gasteiger partial charge in [-0.25, -0.2) is 0 Å². The van der Waals surface area contributed by atoms with Gasteiger partial charge in [-0.15, -0.1) is 0 Å². The number of carbonyl (C=O) groups is 1. The Morgan fingerprint density at radius 2 is 1.73 bits per heavy atom. The molecule has 0 spiro atoms. The molecular weight excluding hydrogens is 156 g/mol. The molecule has 0 fully saturated rings. The van der Waals surface area contributed by atoms with E-state index in [2.05, 4.69) is 26.9 Å². The van der Waals surface area contributed by atoms with Crippen molar-refractivity contribution >= 4 is 14.9 Å². The summed E-state index contributed by atoms with van der Waals surface area (Å²) in [6, 6.07) is 0. The van der Waals surface area contributed by atoms with Gasteiger partial charge in [0.25, 0.3) is 0 Å². The lowest BCUT2D eigenvalue weighted by atomic mass is 10.6. The Labute approximate surface area is 71.0 Å². The van der Waals surface area contributed by atoms with Crippen LogP contribution in [0.5, 0.6) is 0 Å². The second kappa shape index (κ2) is 6.55. The molecule has 0 radical (unpaired) electrons. The molecule has 11 heavy (non-hydrogen) atoms. The lowest BCUT2D eigenvalue weighted by Crippen LogP contribution is -2.35. The molecule has 0 bridgehead atoms. The Bertz CT molecular complexity index is 92.1. The Morgan fingerprint density at radius 1 is 1.36 bits per heavy atom. The van der Waals surface area contributed by atoms with Crippen molar-refractivity contribution in [1.29, 1.82) is 0 Å². The highest BCUT2D eigenvalue weighted by Gasteiger charge is 2.24. The lowest BCUT2D eigenvalue weighted by Gasteiger charge is -2.25. The smallest absolute Gasteiger partial charge is 0.106 e. The summed E-state index contributed by atoms with van der Waals surface area (Å²) >= 11 is 0. The molecule has 0 heterocycles. The molecule has 0 rings (SSSR count). The van der Waals surface area contributed by atoms with Gasteiger partial charge in [0.15, 0.2) is 0 Å². The molecule has 0 amide bonds. The van der Waals surface area contributed by atoms with Gasteiger partial charge in [0.05, 0.1) is 8.07 Å². The molecule has 0 aromatic carbocycles. The summed E-state index contributed by atoms with van der Waals surface area (Å²) < 4.78 is 5.13. The average Bonchev–Trinajstić information content (AvgIpc) is 1.92. The number of hydrogen-bond acceptors (Lipinski definition) is 2. The normalized spacial score (nSPS) is 10.7. The van der Waals surface area contributed by atoms with Gasteiger partial charge in [0.1, 0.15) is 6.79 Å². The quantitative estimate of drug-likeness (QED) is 0.616. The molecule has 0 N–H and O–H groups in total. The molecule has 0 atom stereocenters. The van der Waals surface area contributed by atoms with Crippen molar-refractivity contribution in [2.24, 2.45) is 0 Å². The first-order valence-electron chi connectivity index (χ1n) is 3.78. The number of rotatable bonds is 3. The first kappa shape index (κ1) is 13.4. The third-order valence-electron chi connectivity index (χ3n) is 2.08. The van der Waals surface area contributed by atoms with E-state index in [1.165, 1.54) is 0 Å². The van der Waals surface area contributed by atoms with E-state index in [1.807, 2.05) is 6.79 Å². The van der Waals surface area contributed by atoms with Crippen molar-refractivity contribution < 1.29 is 9.53 Å². The minimum absolute atomic E-state index is 0.831. The fourth-order valence-electron chi connectivity index (χ4n) is 0.539. The van der Waals surface area contributed by atoms with Gasteiger partial charge in [0, 0.05) is 13.3 Å². The molecule has 0 aromatic heterocycles. The Hall–Kier alpha value is -0.153. The molecule has 0 aliphatic rings. The van der Waals surface area contributed by atoms with Crippen LogP contribution in [0.2, 0.25) is 18.6 Å². The minimum Gasteiger partial charge on any atom is -0.388 e. The lowest BCUT2D eigenvalue weighted by molar-refractivity contribution is -0.0979. The minimum atomic E-state index is -1.00. The Morgan fingerprint density at radius 3 is 1.82 bits per heavy atom. The average molecular weight is 176 g/mol. The summed E-state index contributed by atoms with van der Waals surface area (Å²) in [4.78, 5) is 8.00. The van der Waals surface area contributed by atoms with Crippen LogP contribution in [-0.4, -0.2) is 28.2 Å². The van der Waals surface area contributed by atoms with E-state index in [-0.39, 0.29) is 0 Å². The van der Waals surface area contributed by atoms with E-state index in [0.29, 0.717) is 0 Å². The second-order valence-corrected chi connectivity index (χ2v) is 9.00. The van der Waals surface area contributed by atoms with Gasteiger partial charge in [-0.05, 0) is 5.54 Å². The van der Waals surface area contributed by atoms with Crippen LogP contribution in [0, 0.1) is 0 Å². The number of carbonyl (C=O) groups excluding carboxylic acids is 1. The molecule has 0 saturated heterocycles. The summed E-state index contributed by atoms with van der Waals surface area (Å²) in [6.45, 7) is 11.3. The maximum absolute atomic E-state index is 8.00. The molecule has 0 aliphatic carbocycles. The Balaban J connectivity index is 0. The summed E-state index contributed by atoms with van der Waals surface area (Å²) in [6.07, 6.45) is 0.991. The van der Waals surface area contributed by atoms with Crippen molar-refractivity contribution in [3.05, 3.63) is 0 Å². The molecule has 0 unspecified atom stereocenters. The van der Waals surface area contributed by atoms with E-state index in [9.17, 15) is 0 Å². The molecule has 0 aromatic rings. The predicted molar refractivity (Wildman–Crippen MR) is 51.6 cm³/mol. The largest absolute Gasteiger partial charge is 0.388 e. The monoisotopic (exact) mass is 176 g/mol. The van der Waals surface area contributed by atoms with Crippen molar-refractivity contribution in [3.63, 3.8) is 0 Å². The first-order chi connectivity index (χ1) is 5.00. The van der Waals surface area contributed by atoms with Crippen LogP contribution in [0.4, 0.5) is 0 Å². The van der Waals surface area contributed by atoms with Gasteiger partial charge >= 0.3 is 0 Å². The SMILES string of the molecule is C=O.COC[Si](C)(C)C(C)C. The zero-order valence-electron chi connectivity index (χ0n) is 8.31. The summed E-state index contributed by atoms with van der Waals surface area (Å²) in [7, 11) is 0.786. The van der Waals surface area contributed by atoms with Crippen LogP contribution in [0.25, 0.3) is 0 Å². The highest BCUT2D eigenvalue weighted by molar-refractivity contribution is 6.78. The van der Waals surface area contributed by atoms with Crippen molar-refractivity contribution in [2.75, 3.05) is 13.3 Å². The third-order valence-corrected chi connectivity index (χ3v) is 6.24. The number of hydrogen-bond donors (Lipinski definition) is 0. The number of methoxy groups -OCH3 is 1. The number of ether oxygens (including phenoxy) is 1.